The van der Waals surface area contributed by atoms with Crippen molar-refractivity contribution >= 4 is 5.91 Å². The van der Waals surface area contributed by atoms with Crippen LogP contribution in [0.3, 0.4) is 0 Å². The topological polar surface area (TPSA) is 41.1 Å². The average molecular weight is 260 g/mol. The van der Waals surface area contributed by atoms with E-state index in [9.17, 15) is 4.79 Å². The molecular formula is C16H24N2O. The lowest BCUT2D eigenvalue weighted by Gasteiger charge is -2.15. The van der Waals surface area contributed by atoms with Crippen LogP contribution in [0.15, 0.2) is 30.3 Å². The van der Waals surface area contributed by atoms with Gasteiger partial charge in [0.2, 0.25) is 5.91 Å². The number of carbonyl (C=O) groups excluding carboxylic acids is 1. The molecule has 0 saturated carbocycles. The predicted octanol–water partition coefficient (Wildman–Crippen LogP) is 2.12. The van der Waals surface area contributed by atoms with Crippen molar-refractivity contribution < 1.29 is 4.79 Å². The quantitative estimate of drug-likeness (QED) is 0.822. The van der Waals surface area contributed by atoms with Crippen LogP contribution in [0, 0.1) is 5.92 Å². The van der Waals surface area contributed by atoms with Crippen molar-refractivity contribution in [3.05, 3.63) is 35.9 Å². The highest BCUT2D eigenvalue weighted by molar-refractivity contribution is 5.76. The fourth-order valence-electron chi connectivity index (χ4n) is 2.58. The van der Waals surface area contributed by atoms with Crippen molar-refractivity contribution in [3.8, 4) is 0 Å². The van der Waals surface area contributed by atoms with Gasteiger partial charge >= 0.3 is 0 Å². The van der Waals surface area contributed by atoms with E-state index in [0.29, 0.717) is 12.3 Å². The number of benzene rings is 1. The molecule has 2 N–H and O–H groups in total. The summed E-state index contributed by atoms with van der Waals surface area (Å²) < 4.78 is 0. The Morgan fingerprint density at radius 3 is 2.89 bits per heavy atom. The third-order valence-corrected chi connectivity index (χ3v) is 3.75. The number of hydrogen-bond donors (Lipinski definition) is 2. The van der Waals surface area contributed by atoms with Crippen LogP contribution in [0.25, 0.3) is 0 Å². The molecule has 1 amide bonds. The molecule has 2 atom stereocenters. The summed E-state index contributed by atoms with van der Waals surface area (Å²) >= 11 is 0. The van der Waals surface area contributed by atoms with E-state index in [1.165, 1.54) is 5.56 Å². The van der Waals surface area contributed by atoms with E-state index in [4.69, 9.17) is 0 Å². The Balaban J connectivity index is 1.65. The van der Waals surface area contributed by atoms with E-state index in [1.807, 2.05) is 6.07 Å². The van der Waals surface area contributed by atoms with Gasteiger partial charge in [0, 0.05) is 12.5 Å². The first-order chi connectivity index (χ1) is 9.24. The van der Waals surface area contributed by atoms with Crippen LogP contribution in [-0.4, -0.2) is 25.0 Å². The highest BCUT2D eigenvalue weighted by Crippen LogP contribution is 2.12. The van der Waals surface area contributed by atoms with Crippen molar-refractivity contribution in [1.29, 1.82) is 0 Å². The van der Waals surface area contributed by atoms with Crippen molar-refractivity contribution in [1.82, 2.24) is 10.6 Å². The first-order valence-corrected chi connectivity index (χ1v) is 7.28. The summed E-state index contributed by atoms with van der Waals surface area (Å²) in [5, 5.41) is 6.41. The second kappa shape index (κ2) is 7.29. The Morgan fingerprint density at radius 1 is 1.42 bits per heavy atom. The van der Waals surface area contributed by atoms with Gasteiger partial charge in [0.25, 0.3) is 0 Å². The van der Waals surface area contributed by atoms with Crippen LogP contribution in [0.1, 0.15) is 31.7 Å². The molecule has 0 aromatic heterocycles. The molecule has 2 rings (SSSR count). The molecule has 1 aromatic carbocycles. The smallest absolute Gasteiger partial charge is 0.220 e. The summed E-state index contributed by atoms with van der Waals surface area (Å²) in [6, 6.07) is 10.7. The zero-order chi connectivity index (χ0) is 13.5. The highest BCUT2D eigenvalue weighted by Gasteiger charge is 2.18. The summed E-state index contributed by atoms with van der Waals surface area (Å²) in [5.74, 6) is 0.732. The van der Waals surface area contributed by atoms with Gasteiger partial charge in [0.1, 0.15) is 0 Å². The third-order valence-electron chi connectivity index (χ3n) is 3.75. The van der Waals surface area contributed by atoms with E-state index < -0.39 is 0 Å². The second-order valence-corrected chi connectivity index (χ2v) is 5.56. The predicted molar refractivity (Wildman–Crippen MR) is 78.0 cm³/mol. The molecule has 1 aliphatic heterocycles. The second-order valence-electron chi connectivity index (χ2n) is 5.56. The maximum absolute atomic E-state index is 11.9. The summed E-state index contributed by atoms with van der Waals surface area (Å²) in [7, 11) is 0. The van der Waals surface area contributed by atoms with E-state index in [2.05, 4.69) is 41.8 Å². The lowest BCUT2D eigenvalue weighted by molar-refractivity contribution is -0.122. The van der Waals surface area contributed by atoms with Gasteiger partial charge in [-0.1, -0.05) is 30.3 Å². The first-order valence-electron chi connectivity index (χ1n) is 7.28. The number of hydrogen-bond acceptors (Lipinski definition) is 2. The van der Waals surface area contributed by atoms with Crippen LogP contribution in [-0.2, 0) is 11.2 Å². The fourth-order valence-corrected chi connectivity index (χ4v) is 2.58. The van der Waals surface area contributed by atoms with Gasteiger partial charge < -0.3 is 10.6 Å². The van der Waals surface area contributed by atoms with Crippen molar-refractivity contribution in [2.24, 2.45) is 5.92 Å². The minimum atomic E-state index is 0.203. The molecule has 1 aliphatic rings. The Labute approximate surface area is 115 Å². The molecule has 0 bridgehead atoms. The van der Waals surface area contributed by atoms with Crippen LogP contribution >= 0.6 is 0 Å². The number of aryl methyl sites for hydroxylation is 1. The highest BCUT2D eigenvalue weighted by atomic mass is 16.1. The first kappa shape index (κ1) is 14.1. The third kappa shape index (κ3) is 5.03. The van der Waals surface area contributed by atoms with E-state index in [1.54, 1.807) is 0 Å². The standard InChI is InChI=1S/C16H24N2O/c1-13(7-8-14-5-3-2-4-6-14)18-16(19)11-15-9-10-17-12-15/h2-6,13,15,17H,7-12H2,1H3,(H,18,19). The Hall–Kier alpha value is -1.35. The van der Waals surface area contributed by atoms with Crippen molar-refractivity contribution in [2.75, 3.05) is 13.1 Å². The number of rotatable bonds is 6. The average Bonchev–Trinajstić information content (AvgIpc) is 2.90. The van der Waals surface area contributed by atoms with Gasteiger partial charge in [-0.25, -0.2) is 0 Å². The Bertz CT molecular complexity index is 385. The molecule has 2 unspecified atom stereocenters. The van der Waals surface area contributed by atoms with Crippen LogP contribution in [0.4, 0.5) is 0 Å². The molecule has 0 spiro atoms. The maximum Gasteiger partial charge on any atom is 0.220 e. The Morgan fingerprint density at radius 2 is 2.21 bits per heavy atom. The SMILES string of the molecule is CC(CCc1ccccc1)NC(=O)CC1CCNC1. The molecule has 1 fully saturated rings. The van der Waals surface area contributed by atoms with Gasteiger partial charge in [-0.05, 0) is 50.8 Å². The van der Waals surface area contributed by atoms with Gasteiger partial charge in [-0.15, -0.1) is 0 Å². The minimum absolute atomic E-state index is 0.203. The molecular weight excluding hydrogens is 236 g/mol. The lowest BCUT2D eigenvalue weighted by atomic mass is 10.0. The van der Waals surface area contributed by atoms with Crippen LogP contribution in [0.5, 0.6) is 0 Å². The number of nitrogens with one attached hydrogen (secondary N) is 2. The number of carbonyl (C=O) groups is 1. The number of amides is 1. The lowest BCUT2D eigenvalue weighted by Crippen LogP contribution is -2.34. The molecule has 0 aliphatic carbocycles. The molecule has 1 aromatic rings. The normalized spacial score (nSPS) is 20.2. The van der Waals surface area contributed by atoms with Crippen molar-refractivity contribution in [3.63, 3.8) is 0 Å². The van der Waals surface area contributed by atoms with Crippen molar-refractivity contribution in [2.45, 2.75) is 38.6 Å². The fraction of sp³-hybridized carbons (Fsp3) is 0.562. The monoisotopic (exact) mass is 260 g/mol. The van der Waals surface area contributed by atoms with E-state index in [0.717, 1.165) is 32.4 Å². The van der Waals surface area contributed by atoms with Crippen LogP contribution < -0.4 is 10.6 Å². The summed E-state index contributed by atoms with van der Waals surface area (Å²) in [6.07, 6.45) is 3.82. The summed E-state index contributed by atoms with van der Waals surface area (Å²) in [4.78, 5) is 11.9. The molecule has 1 saturated heterocycles. The summed E-state index contributed by atoms with van der Waals surface area (Å²) in [6.45, 7) is 4.14. The molecule has 3 nitrogen and oxygen atoms in total. The zero-order valence-electron chi connectivity index (χ0n) is 11.7. The van der Waals surface area contributed by atoms with E-state index in [-0.39, 0.29) is 11.9 Å². The molecule has 19 heavy (non-hydrogen) atoms. The van der Waals surface area contributed by atoms with E-state index >= 15 is 0 Å². The van der Waals surface area contributed by atoms with Gasteiger partial charge in [-0.3, -0.25) is 4.79 Å². The largest absolute Gasteiger partial charge is 0.354 e. The molecule has 0 radical (unpaired) electrons. The molecule has 3 heteroatoms. The Kier molecular flexibility index (Phi) is 5.40. The molecule has 1 heterocycles. The van der Waals surface area contributed by atoms with Gasteiger partial charge in [0.05, 0.1) is 0 Å². The minimum Gasteiger partial charge on any atom is -0.354 e. The van der Waals surface area contributed by atoms with Gasteiger partial charge in [-0.2, -0.15) is 0 Å². The molecule has 104 valence electrons. The summed E-state index contributed by atoms with van der Waals surface area (Å²) in [5.41, 5.74) is 1.34. The van der Waals surface area contributed by atoms with Gasteiger partial charge in [0.15, 0.2) is 0 Å². The maximum atomic E-state index is 11.9. The zero-order valence-corrected chi connectivity index (χ0v) is 11.7. The van der Waals surface area contributed by atoms with Crippen LogP contribution in [0.2, 0.25) is 0 Å².